The fraction of sp³-hybridized carbons (Fsp3) is 0.407. The van der Waals surface area contributed by atoms with Crippen LogP contribution in [-0.4, -0.2) is 5.91 Å². The van der Waals surface area contributed by atoms with Gasteiger partial charge in [-0.15, -0.1) is 0 Å². The van der Waals surface area contributed by atoms with Crippen molar-refractivity contribution in [1.82, 2.24) is 5.32 Å². The first-order valence-corrected chi connectivity index (χ1v) is 11.3. The molecule has 2 aromatic carbocycles. The van der Waals surface area contributed by atoms with E-state index in [4.69, 9.17) is 0 Å². The predicted molar refractivity (Wildman–Crippen MR) is 127 cm³/mol. The van der Waals surface area contributed by atoms with Gasteiger partial charge in [0.25, 0.3) is 5.91 Å². The molecule has 2 aromatic rings. The Labute approximate surface area is 186 Å². The van der Waals surface area contributed by atoms with Gasteiger partial charge in [-0.1, -0.05) is 57.2 Å². The Bertz CT molecular complexity index is 1010. The van der Waals surface area contributed by atoms with Crippen LogP contribution < -0.4 is 10.6 Å². The van der Waals surface area contributed by atoms with Gasteiger partial charge in [0.15, 0.2) is 0 Å². The van der Waals surface area contributed by atoms with Crippen molar-refractivity contribution >= 4 is 11.6 Å². The van der Waals surface area contributed by atoms with E-state index in [9.17, 15) is 10.1 Å². The maximum absolute atomic E-state index is 12.9. The summed E-state index contributed by atoms with van der Waals surface area (Å²) in [6, 6.07) is 14.8. The van der Waals surface area contributed by atoms with Crippen LogP contribution >= 0.6 is 0 Å². The van der Waals surface area contributed by atoms with Crippen molar-refractivity contribution in [2.45, 2.75) is 71.8 Å². The van der Waals surface area contributed by atoms with E-state index < -0.39 is 0 Å². The van der Waals surface area contributed by atoms with E-state index in [1.165, 1.54) is 29.5 Å². The van der Waals surface area contributed by atoms with Gasteiger partial charge in [-0.3, -0.25) is 4.79 Å². The quantitative estimate of drug-likeness (QED) is 0.425. The highest BCUT2D eigenvalue weighted by molar-refractivity contribution is 6.07. The van der Waals surface area contributed by atoms with Crippen LogP contribution in [0.1, 0.15) is 79.8 Å². The molecule has 1 unspecified atom stereocenters. The average Bonchev–Trinajstić information content (AvgIpc) is 2.77. The van der Waals surface area contributed by atoms with Gasteiger partial charge in [-0.2, -0.15) is 5.26 Å². The molecule has 0 heterocycles. The molecule has 0 bridgehead atoms. The first-order chi connectivity index (χ1) is 14.9. The molecule has 0 aliphatic heterocycles. The highest BCUT2D eigenvalue weighted by atomic mass is 16.1. The number of nitrogens with zero attached hydrogens (tertiary/aromatic N) is 1. The molecule has 1 aliphatic rings. The molecule has 0 radical (unpaired) electrons. The minimum Gasteiger partial charge on any atom is -0.383 e. The molecule has 3 rings (SSSR count). The van der Waals surface area contributed by atoms with Crippen LogP contribution in [0.2, 0.25) is 0 Å². The van der Waals surface area contributed by atoms with Gasteiger partial charge in [0, 0.05) is 11.9 Å². The van der Waals surface area contributed by atoms with Crippen molar-refractivity contribution in [3.8, 4) is 6.07 Å². The van der Waals surface area contributed by atoms with Gasteiger partial charge >= 0.3 is 0 Å². The maximum atomic E-state index is 12.9. The first-order valence-electron chi connectivity index (χ1n) is 11.3. The molecule has 0 saturated heterocycles. The summed E-state index contributed by atoms with van der Waals surface area (Å²) >= 11 is 0. The van der Waals surface area contributed by atoms with Crippen molar-refractivity contribution in [2.24, 2.45) is 0 Å². The number of carbonyl (C=O) groups excluding carboxylic acids is 1. The molecule has 1 amide bonds. The van der Waals surface area contributed by atoms with Crippen molar-refractivity contribution in [3.63, 3.8) is 0 Å². The Morgan fingerprint density at radius 2 is 1.90 bits per heavy atom. The van der Waals surface area contributed by atoms with Crippen LogP contribution in [0, 0.1) is 18.3 Å². The number of anilines is 1. The molecule has 31 heavy (non-hydrogen) atoms. The number of benzene rings is 2. The third kappa shape index (κ3) is 5.35. The monoisotopic (exact) mass is 415 g/mol. The average molecular weight is 416 g/mol. The van der Waals surface area contributed by atoms with Gasteiger partial charge in [-0.25, -0.2) is 0 Å². The number of nitriles is 1. The lowest BCUT2D eigenvalue weighted by atomic mass is 9.89. The molecule has 1 atom stereocenters. The Morgan fingerprint density at radius 1 is 1.16 bits per heavy atom. The number of hydrogen-bond acceptors (Lipinski definition) is 3. The van der Waals surface area contributed by atoms with E-state index >= 15 is 0 Å². The zero-order valence-corrected chi connectivity index (χ0v) is 19.1. The van der Waals surface area contributed by atoms with Gasteiger partial charge in [-0.05, 0) is 72.8 Å². The Hall–Kier alpha value is -3.06. The van der Waals surface area contributed by atoms with Crippen molar-refractivity contribution in [3.05, 3.63) is 76.0 Å². The van der Waals surface area contributed by atoms with E-state index in [-0.39, 0.29) is 23.4 Å². The molecule has 0 saturated carbocycles. The van der Waals surface area contributed by atoms with Gasteiger partial charge in [0.05, 0.1) is 6.04 Å². The second kappa shape index (κ2) is 10.3. The third-order valence-electron chi connectivity index (χ3n) is 6.14. The highest BCUT2D eigenvalue weighted by Gasteiger charge is 2.17. The van der Waals surface area contributed by atoms with Crippen LogP contribution in [0.15, 0.2) is 48.2 Å². The summed E-state index contributed by atoms with van der Waals surface area (Å²) < 4.78 is 0. The van der Waals surface area contributed by atoms with E-state index in [1.54, 1.807) is 6.20 Å². The molecular formula is C27H33N3O. The van der Waals surface area contributed by atoms with Crippen LogP contribution in [0.25, 0.3) is 0 Å². The standard InChI is InChI=1S/C27H33N3O/c1-5-25(22-14-13-20-10-6-7-11-21(20)15-22)29-17-23(16-28)27(31)30-26-19(4)9-8-12-24(26)18(2)3/h8-9,12-15,17-18,25,29H,5-7,10-11H2,1-4H3,(H,30,31)/b23-17-. The van der Waals surface area contributed by atoms with Crippen LogP contribution in [0.3, 0.4) is 0 Å². The molecular weight excluding hydrogens is 382 g/mol. The number of fused-ring (bicyclic) bond motifs is 1. The lowest BCUT2D eigenvalue weighted by Crippen LogP contribution is -2.21. The van der Waals surface area contributed by atoms with Gasteiger partial charge in [0.2, 0.25) is 0 Å². The second-order valence-corrected chi connectivity index (χ2v) is 8.68. The Morgan fingerprint density at radius 3 is 2.58 bits per heavy atom. The molecule has 2 N–H and O–H groups in total. The molecule has 4 heteroatoms. The molecule has 4 nitrogen and oxygen atoms in total. The van der Waals surface area contributed by atoms with Crippen LogP contribution in [-0.2, 0) is 17.6 Å². The van der Waals surface area contributed by atoms with E-state index in [1.807, 2.05) is 25.1 Å². The first kappa shape index (κ1) is 22.6. The zero-order chi connectivity index (χ0) is 22.4. The predicted octanol–water partition coefficient (Wildman–Crippen LogP) is 6.08. The minimum atomic E-state index is -0.383. The number of aryl methyl sites for hydroxylation is 3. The number of nitrogens with one attached hydrogen (secondary N) is 2. The summed E-state index contributed by atoms with van der Waals surface area (Å²) in [4.78, 5) is 12.9. The zero-order valence-electron chi connectivity index (χ0n) is 19.1. The van der Waals surface area contributed by atoms with Crippen LogP contribution in [0.4, 0.5) is 5.69 Å². The highest BCUT2D eigenvalue weighted by Crippen LogP contribution is 2.28. The SMILES string of the molecule is CCC(N/C=C(/C#N)C(=O)Nc1c(C)cccc1C(C)C)c1ccc2c(c1)CCCC2. The Balaban J connectivity index is 1.77. The van der Waals surface area contributed by atoms with E-state index in [0.29, 0.717) is 0 Å². The molecule has 0 fully saturated rings. The molecule has 162 valence electrons. The van der Waals surface area contributed by atoms with Crippen molar-refractivity contribution in [1.29, 1.82) is 5.26 Å². The summed E-state index contributed by atoms with van der Waals surface area (Å²) in [5, 5.41) is 15.9. The minimum absolute atomic E-state index is 0.0630. The number of rotatable bonds is 7. The number of carbonyl (C=O) groups is 1. The van der Waals surface area contributed by atoms with E-state index in [0.717, 1.165) is 36.1 Å². The van der Waals surface area contributed by atoms with Crippen molar-refractivity contribution < 1.29 is 4.79 Å². The molecule has 0 aromatic heterocycles. The van der Waals surface area contributed by atoms with E-state index in [2.05, 4.69) is 55.7 Å². The summed E-state index contributed by atoms with van der Waals surface area (Å²) in [6.45, 7) is 8.27. The summed E-state index contributed by atoms with van der Waals surface area (Å²) in [5.74, 6) is -0.109. The van der Waals surface area contributed by atoms with Crippen molar-refractivity contribution in [2.75, 3.05) is 5.32 Å². The van der Waals surface area contributed by atoms with Gasteiger partial charge in [0.1, 0.15) is 11.6 Å². The number of amides is 1. The topological polar surface area (TPSA) is 64.9 Å². The molecule has 1 aliphatic carbocycles. The van der Waals surface area contributed by atoms with Crippen LogP contribution in [0.5, 0.6) is 0 Å². The smallest absolute Gasteiger partial charge is 0.267 e. The fourth-order valence-electron chi connectivity index (χ4n) is 4.28. The number of hydrogen-bond donors (Lipinski definition) is 2. The third-order valence-corrected chi connectivity index (χ3v) is 6.14. The maximum Gasteiger partial charge on any atom is 0.267 e. The number of para-hydroxylation sites is 1. The fourth-order valence-corrected chi connectivity index (χ4v) is 4.28. The second-order valence-electron chi connectivity index (χ2n) is 8.68. The summed E-state index contributed by atoms with van der Waals surface area (Å²) in [5.41, 5.74) is 7.03. The summed E-state index contributed by atoms with van der Waals surface area (Å²) in [6.07, 6.45) is 7.24. The Kier molecular flexibility index (Phi) is 7.52. The lowest BCUT2D eigenvalue weighted by Gasteiger charge is -2.21. The normalized spacial score (nSPS) is 14.5. The van der Waals surface area contributed by atoms with Gasteiger partial charge < -0.3 is 10.6 Å². The lowest BCUT2D eigenvalue weighted by molar-refractivity contribution is -0.112. The molecule has 0 spiro atoms. The largest absolute Gasteiger partial charge is 0.383 e. The summed E-state index contributed by atoms with van der Waals surface area (Å²) in [7, 11) is 0.